The van der Waals surface area contributed by atoms with E-state index in [4.69, 9.17) is 0 Å². The van der Waals surface area contributed by atoms with Crippen molar-refractivity contribution in [1.29, 1.82) is 0 Å². The van der Waals surface area contributed by atoms with Gasteiger partial charge in [-0.1, -0.05) is 0 Å². The second-order valence-corrected chi connectivity index (χ2v) is 11.2. The number of hydrogen-bond acceptors (Lipinski definition) is 7. The lowest BCUT2D eigenvalue weighted by atomic mass is 9.99. The molecule has 0 unspecified atom stereocenters. The van der Waals surface area contributed by atoms with E-state index in [0.717, 1.165) is 31.1 Å². The molecule has 2 atom stereocenters. The number of aromatic nitrogens is 3. The summed E-state index contributed by atoms with van der Waals surface area (Å²) in [6, 6.07) is 1.63. The maximum absolute atomic E-state index is 13.0. The van der Waals surface area contributed by atoms with Crippen LogP contribution in [-0.2, 0) is 9.73 Å². The Morgan fingerprint density at radius 1 is 1.34 bits per heavy atom. The van der Waals surface area contributed by atoms with E-state index in [1.807, 2.05) is 0 Å². The highest BCUT2D eigenvalue weighted by atomic mass is 32.2. The molecule has 0 radical (unpaired) electrons. The van der Waals surface area contributed by atoms with Crippen LogP contribution in [0.2, 0.25) is 0 Å². The smallest absolute Gasteiger partial charge is 0.255 e. The minimum Gasteiger partial charge on any atom is -0.388 e. The van der Waals surface area contributed by atoms with E-state index in [2.05, 4.69) is 19.6 Å². The minimum atomic E-state index is -2.06. The number of rotatable bonds is 3. The number of nitrogens with one attached hydrogen (secondary N) is 1. The topological polar surface area (TPSA) is 109 Å². The lowest BCUT2D eigenvalue weighted by Crippen LogP contribution is -2.38. The predicted molar refractivity (Wildman–Crippen MR) is 115 cm³/mol. The lowest BCUT2D eigenvalue weighted by Gasteiger charge is -2.29. The molecule has 158 valence electrons. The van der Waals surface area contributed by atoms with Gasteiger partial charge in [-0.2, -0.15) is 4.98 Å². The highest BCUT2D eigenvalue weighted by Gasteiger charge is 2.39. The van der Waals surface area contributed by atoms with Crippen molar-refractivity contribution in [3.05, 3.63) is 28.2 Å². The van der Waals surface area contributed by atoms with Gasteiger partial charge in [-0.25, -0.2) is 13.6 Å². The Kier molecular flexibility index (Phi) is 5.14. The summed E-state index contributed by atoms with van der Waals surface area (Å²) in [5.74, 6) is 1.60. The first-order valence-electron chi connectivity index (χ1n) is 10.2. The average Bonchev–Trinajstić information content (AvgIpc) is 3.04. The molecule has 1 aliphatic carbocycles. The number of fused-ring (bicyclic) bond motifs is 1. The standard InChI is InChI=1S/C20H29N5O3S/c1-13-11-14-12-22-19(23-15-6-9-29(28,21-3)10-7-15)24-17(14)25(18(13)26)16-5-4-8-20(16,2)27/h11-12,15-16,27H,4-10H2,1-3H3,(H,22,23,24)/t15?,16-,20-,29?/m1/s1. The number of aliphatic hydroxyl groups is 1. The monoisotopic (exact) mass is 419 g/mol. The molecule has 8 nitrogen and oxygen atoms in total. The zero-order chi connectivity index (χ0) is 20.8. The van der Waals surface area contributed by atoms with Gasteiger partial charge < -0.3 is 10.4 Å². The van der Waals surface area contributed by atoms with Crippen molar-refractivity contribution in [2.24, 2.45) is 4.36 Å². The fraction of sp³-hybridized carbons (Fsp3) is 0.650. The quantitative estimate of drug-likeness (QED) is 0.790. The third-order valence-electron chi connectivity index (χ3n) is 6.38. The van der Waals surface area contributed by atoms with Crippen molar-refractivity contribution >= 4 is 26.7 Å². The highest BCUT2D eigenvalue weighted by Crippen LogP contribution is 2.39. The molecular weight excluding hydrogens is 390 g/mol. The van der Waals surface area contributed by atoms with Gasteiger partial charge in [0.15, 0.2) is 0 Å². The molecule has 2 aromatic rings. The summed E-state index contributed by atoms with van der Waals surface area (Å²) in [5.41, 5.74) is 0.121. The molecule has 9 heteroatoms. The van der Waals surface area contributed by atoms with Gasteiger partial charge in [0.05, 0.1) is 11.6 Å². The molecular formula is C20H29N5O3S. The Bertz CT molecular complexity index is 1100. The summed E-state index contributed by atoms with van der Waals surface area (Å²) in [5, 5.41) is 15.0. The molecule has 2 N–H and O–H groups in total. The van der Waals surface area contributed by atoms with Gasteiger partial charge in [0.25, 0.3) is 5.56 Å². The van der Waals surface area contributed by atoms with Crippen LogP contribution in [0.15, 0.2) is 21.4 Å². The molecule has 2 aliphatic rings. The van der Waals surface area contributed by atoms with Crippen LogP contribution in [0.5, 0.6) is 0 Å². The van der Waals surface area contributed by atoms with Crippen molar-refractivity contribution in [2.45, 2.75) is 63.6 Å². The molecule has 2 aromatic heterocycles. The Balaban J connectivity index is 1.70. The van der Waals surface area contributed by atoms with Crippen LogP contribution in [0.1, 0.15) is 50.6 Å². The largest absolute Gasteiger partial charge is 0.388 e. The van der Waals surface area contributed by atoms with Crippen LogP contribution < -0.4 is 10.9 Å². The van der Waals surface area contributed by atoms with E-state index < -0.39 is 15.3 Å². The van der Waals surface area contributed by atoms with Crippen LogP contribution in [0.3, 0.4) is 0 Å². The van der Waals surface area contributed by atoms with Crippen molar-refractivity contribution in [3.63, 3.8) is 0 Å². The zero-order valence-electron chi connectivity index (χ0n) is 17.2. The normalized spacial score (nSPS) is 32.4. The van der Waals surface area contributed by atoms with Crippen LogP contribution in [-0.4, -0.2) is 54.0 Å². The molecule has 0 spiro atoms. The number of hydrogen-bond donors (Lipinski definition) is 2. The Morgan fingerprint density at radius 3 is 2.69 bits per heavy atom. The zero-order valence-corrected chi connectivity index (χ0v) is 18.0. The predicted octanol–water partition coefficient (Wildman–Crippen LogP) is 2.25. The summed E-state index contributed by atoms with van der Waals surface area (Å²) >= 11 is 0. The first-order valence-corrected chi connectivity index (χ1v) is 12.1. The van der Waals surface area contributed by atoms with Crippen molar-refractivity contribution in [3.8, 4) is 0 Å². The Labute approximate surface area is 170 Å². The van der Waals surface area contributed by atoms with Crippen LogP contribution in [0.4, 0.5) is 5.95 Å². The molecule has 0 amide bonds. The third kappa shape index (κ3) is 3.77. The minimum absolute atomic E-state index is 0.115. The van der Waals surface area contributed by atoms with Gasteiger partial charge in [-0.3, -0.25) is 9.36 Å². The summed E-state index contributed by atoms with van der Waals surface area (Å²) in [6.07, 6.45) is 5.50. The van der Waals surface area contributed by atoms with Gasteiger partial charge in [-0.15, -0.1) is 0 Å². The summed E-state index contributed by atoms with van der Waals surface area (Å²) in [7, 11) is -0.431. The van der Waals surface area contributed by atoms with Crippen LogP contribution >= 0.6 is 0 Å². The highest BCUT2D eigenvalue weighted by molar-refractivity contribution is 7.93. The first-order chi connectivity index (χ1) is 13.7. The molecule has 0 aromatic carbocycles. The molecule has 4 rings (SSSR count). The van der Waals surface area contributed by atoms with Gasteiger partial charge >= 0.3 is 0 Å². The van der Waals surface area contributed by atoms with Crippen molar-refractivity contribution < 1.29 is 9.32 Å². The summed E-state index contributed by atoms with van der Waals surface area (Å²) in [6.45, 7) is 3.58. The van der Waals surface area contributed by atoms with E-state index >= 15 is 0 Å². The average molecular weight is 420 g/mol. The van der Waals surface area contributed by atoms with E-state index in [1.165, 1.54) is 0 Å². The fourth-order valence-electron chi connectivity index (χ4n) is 4.56. The van der Waals surface area contributed by atoms with Crippen molar-refractivity contribution in [2.75, 3.05) is 23.9 Å². The molecule has 1 saturated carbocycles. The van der Waals surface area contributed by atoms with E-state index in [1.54, 1.807) is 37.7 Å². The third-order valence-corrected chi connectivity index (χ3v) is 8.79. The molecule has 2 fully saturated rings. The number of aryl methyl sites for hydroxylation is 1. The van der Waals surface area contributed by atoms with E-state index in [9.17, 15) is 14.1 Å². The van der Waals surface area contributed by atoms with Gasteiger partial charge in [0.1, 0.15) is 5.65 Å². The van der Waals surface area contributed by atoms with Gasteiger partial charge in [-0.05, 0) is 52.0 Å². The number of pyridine rings is 1. The number of anilines is 1. The molecule has 3 heterocycles. The molecule has 1 saturated heterocycles. The Morgan fingerprint density at radius 2 is 2.07 bits per heavy atom. The molecule has 29 heavy (non-hydrogen) atoms. The van der Waals surface area contributed by atoms with Crippen LogP contribution in [0.25, 0.3) is 11.0 Å². The first kappa shape index (κ1) is 20.3. The van der Waals surface area contributed by atoms with E-state index in [0.29, 0.717) is 35.1 Å². The Hall–Kier alpha value is -2.00. The van der Waals surface area contributed by atoms with Gasteiger partial charge in [0, 0.05) is 51.5 Å². The number of nitrogens with zero attached hydrogens (tertiary/aromatic N) is 4. The SMILES string of the molecule is CN=S1(=O)CCC(Nc2ncc3cc(C)c(=O)n([C@@H]4CCC[C@@]4(C)O)c3n2)CC1. The second-order valence-electron chi connectivity index (χ2n) is 8.52. The van der Waals surface area contributed by atoms with Gasteiger partial charge in [0.2, 0.25) is 5.95 Å². The lowest BCUT2D eigenvalue weighted by molar-refractivity contribution is 0.0266. The fourth-order valence-corrected chi connectivity index (χ4v) is 6.44. The van der Waals surface area contributed by atoms with Crippen LogP contribution in [0, 0.1) is 6.92 Å². The molecule has 1 aliphatic heterocycles. The van der Waals surface area contributed by atoms with Crippen molar-refractivity contribution in [1.82, 2.24) is 14.5 Å². The summed E-state index contributed by atoms with van der Waals surface area (Å²) in [4.78, 5) is 22.1. The molecule has 0 bridgehead atoms. The maximum atomic E-state index is 13.0. The van der Waals surface area contributed by atoms with E-state index in [-0.39, 0.29) is 17.6 Å². The maximum Gasteiger partial charge on any atom is 0.255 e. The summed E-state index contributed by atoms with van der Waals surface area (Å²) < 4.78 is 18.1. The second kappa shape index (κ2) is 7.36.